The molecular formula is C13H16BrNS2. The molecule has 0 amide bonds. The Kier molecular flexibility index (Phi) is 5.22. The van der Waals surface area contributed by atoms with Gasteiger partial charge in [-0.3, -0.25) is 0 Å². The summed E-state index contributed by atoms with van der Waals surface area (Å²) in [6.45, 7) is 3.28. The molecule has 17 heavy (non-hydrogen) atoms. The average molecular weight is 330 g/mol. The fraction of sp³-hybridized carbons (Fsp3) is 0.385. The van der Waals surface area contributed by atoms with Crippen LogP contribution in [0.2, 0.25) is 0 Å². The Labute approximate surface area is 119 Å². The number of rotatable bonds is 6. The Morgan fingerprint density at radius 3 is 2.82 bits per heavy atom. The van der Waals surface area contributed by atoms with E-state index in [0.29, 0.717) is 6.04 Å². The van der Waals surface area contributed by atoms with Crippen LogP contribution in [0.15, 0.2) is 32.7 Å². The van der Waals surface area contributed by atoms with Gasteiger partial charge in [0.15, 0.2) is 0 Å². The first-order valence-corrected chi connectivity index (χ1v) is 8.40. The van der Waals surface area contributed by atoms with Gasteiger partial charge in [0.1, 0.15) is 0 Å². The summed E-state index contributed by atoms with van der Waals surface area (Å²) < 4.78 is 1.24. The van der Waals surface area contributed by atoms with Gasteiger partial charge in [-0.1, -0.05) is 6.92 Å². The van der Waals surface area contributed by atoms with Gasteiger partial charge >= 0.3 is 0 Å². The van der Waals surface area contributed by atoms with Crippen molar-refractivity contribution in [1.29, 1.82) is 0 Å². The van der Waals surface area contributed by atoms with E-state index >= 15 is 0 Å². The largest absolute Gasteiger partial charge is 0.310 e. The molecule has 2 heterocycles. The summed E-state index contributed by atoms with van der Waals surface area (Å²) in [5, 5.41) is 10.2. The highest BCUT2D eigenvalue weighted by atomic mass is 79.9. The normalized spacial score (nSPS) is 12.8. The number of thiophene rings is 2. The molecule has 0 saturated heterocycles. The highest BCUT2D eigenvalue weighted by Gasteiger charge is 2.14. The molecular weight excluding hydrogens is 314 g/mol. The number of halogens is 1. The second-order valence-electron chi connectivity index (χ2n) is 3.96. The number of nitrogens with one attached hydrogen (secondary N) is 1. The fourth-order valence-electron chi connectivity index (χ4n) is 1.76. The average Bonchev–Trinajstić information content (AvgIpc) is 2.96. The first-order valence-electron chi connectivity index (χ1n) is 5.78. The third-order valence-electron chi connectivity index (χ3n) is 2.67. The molecule has 0 aromatic carbocycles. The molecule has 0 aliphatic heterocycles. The van der Waals surface area contributed by atoms with Gasteiger partial charge in [-0.2, -0.15) is 11.3 Å². The van der Waals surface area contributed by atoms with Crippen LogP contribution in [0.1, 0.15) is 29.8 Å². The summed E-state index contributed by atoms with van der Waals surface area (Å²) in [6, 6.07) is 4.79. The molecule has 1 N–H and O–H groups in total. The van der Waals surface area contributed by atoms with Crippen molar-refractivity contribution in [1.82, 2.24) is 5.32 Å². The Bertz CT molecular complexity index is 436. The lowest BCUT2D eigenvalue weighted by atomic mass is 10.1. The van der Waals surface area contributed by atoms with Gasteiger partial charge in [0.05, 0.1) is 0 Å². The molecule has 1 atom stereocenters. The van der Waals surface area contributed by atoms with Crippen molar-refractivity contribution in [2.24, 2.45) is 0 Å². The van der Waals surface area contributed by atoms with Crippen molar-refractivity contribution >= 4 is 38.6 Å². The molecule has 0 fully saturated rings. The zero-order valence-corrected chi connectivity index (χ0v) is 13.0. The topological polar surface area (TPSA) is 12.0 Å². The zero-order chi connectivity index (χ0) is 12.1. The minimum atomic E-state index is 0.441. The predicted molar refractivity (Wildman–Crippen MR) is 81.1 cm³/mol. The van der Waals surface area contributed by atoms with Crippen LogP contribution < -0.4 is 5.32 Å². The molecule has 92 valence electrons. The Morgan fingerprint density at radius 2 is 2.24 bits per heavy atom. The highest BCUT2D eigenvalue weighted by molar-refractivity contribution is 9.10. The van der Waals surface area contributed by atoms with E-state index in [9.17, 15) is 0 Å². The van der Waals surface area contributed by atoms with Crippen molar-refractivity contribution in [2.45, 2.75) is 25.8 Å². The molecule has 0 aliphatic carbocycles. The lowest BCUT2D eigenvalue weighted by Crippen LogP contribution is -2.23. The highest BCUT2D eigenvalue weighted by Crippen LogP contribution is 2.29. The Hall–Kier alpha value is -0.160. The van der Waals surface area contributed by atoms with Gasteiger partial charge in [0.25, 0.3) is 0 Å². The van der Waals surface area contributed by atoms with E-state index in [2.05, 4.69) is 56.4 Å². The minimum absolute atomic E-state index is 0.441. The standard InChI is InChI=1S/C13H16BrNS2/c1-2-5-15-12(10-3-6-16-9-10)8-13-11(14)4-7-17-13/h3-4,6-7,9,12,15H,2,5,8H2,1H3. The monoisotopic (exact) mass is 329 g/mol. The summed E-state index contributed by atoms with van der Waals surface area (Å²) >= 11 is 7.21. The molecule has 4 heteroatoms. The summed E-state index contributed by atoms with van der Waals surface area (Å²) in [4.78, 5) is 1.42. The van der Waals surface area contributed by atoms with Crippen LogP contribution >= 0.6 is 38.6 Å². The Balaban J connectivity index is 2.08. The molecule has 2 aromatic heterocycles. The maximum absolute atomic E-state index is 3.63. The van der Waals surface area contributed by atoms with E-state index in [1.54, 1.807) is 11.3 Å². The maximum atomic E-state index is 3.63. The van der Waals surface area contributed by atoms with E-state index in [1.807, 2.05) is 11.3 Å². The summed E-state index contributed by atoms with van der Waals surface area (Å²) in [7, 11) is 0. The van der Waals surface area contributed by atoms with Crippen LogP contribution in [0.25, 0.3) is 0 Å². The minimum Gasteiger partial charge on any atom is -0.310 e. The second-order valence-corrected chi connectivity index (χ2v) is 6.59. The predicted octanol–water partition coefficient (Wildman–Crippen LogP) is 4.86. The van der Waals surface area contributed by atoms with E-state index in [0.717, 1.165) is 13.0 Å². The van der Waals surface area contributed by atoms with Crippen LogP contribution in [0, 0.1) is 0 Å². The van der Waals surface area contributed by atoms with Crippen molar-refractivity contribution in [3.8, 4) is 0 Å². The van der Waals surface area contributed by atoms with Crippen LogP contribution in [0.4, 0.5) is 0 Å². The van der Waals surface area contributed by atoms with Gasteiger partial charge in [-0.15, -0.1) is 11.3 Å². The summed E-state index contributed by atoms with van der Waals surface area (Å²) in [5.74, 6) is 0. The summed E-state index contributed by atoms with van der Waals surface area (Å²) in [6.07, 6.45) is 2.24. The van der Waals surface area contributed by atoms with Gasteiger partial charge in [-0.25, -0.2) is 0 Å². The molecule has 0 bridgehead atoms. The smallest absolute Gasteiger partial charge is 0.0377 e. The molecule has 0 saturated carbocycles. The van der Waals surface area contributed by atoms with E-state index in [-0.39, 0.29) is 0 Å². The van der Waals surface area contributed by atoms with Crippen molar-refractivity contribution in [3.63, 3.8) is 0 Å². The number of hydrogen-bond donors (Lipinski definition) is 1. The SMILES string of the molecule is CCCNC(Cc1sccc1Br)c1ccsc1. The van der Waals surface area contributed by atoms with Gasteiger partial charge in [0.2, 0.25) is 0 Å². The van der Waals surface area contributed by atoms with Crippen molar-refractivity contribution < 1.29 is 0 Å². The lowest BCUT2D eigenvalue weighted by Gasteiger charge is -2.17. The molecule has 1 nitrogen and oxygen atoms in total. The van der Waals surface area contributed by atoms with Crippen molar-refractivity contribution in [3.05, 3.63) is 43.2 Å². The molecule has 0 radical (unpaired) electrons. The molecule has 0 aliphatic rings. The molecule has 0 spiro atoms. The van der Waals surface area contributed by atoms with Gasteiger partial charge < -0.3 is 5.32 Å². The third kappa shape index (κ3) is 3.65. The maximum Gasteiger partial charge on any atom is 0.0377 e. The van der Waals surface area contributed by atoms with Crippen LogP contribution in [-0.2, 0) is 6.42 Å². The van der Waals surface area contributed by atoms with Crippen molar-refractivity contribution in [2.75, 3.05) is 6.54 Å². The molecule has 2 rings (SSSR count). The van der Waals surface area contributed by atoms with Gasteiger partial charge in [0, 0.05) is 21.8 Å². The summed E-state index contributed by atoms with van der Waals surface area (Å²) in [5.41, 5.74) is 1.41. The second kappa shape index (κ2) is 6.69. The Morgan fingerprint density at radius 1 is 1.35 bits per heavy atom. The van der Waals surface area contributed by atoms with Crippen LogP contribution in [0.5, 0.6) is 0 Å². The first kappa shape index (κ1) is 13.3. The third-order valence-corrected chi connectivity index (χ3v) is 5.32. The molecule has 1 unspecified atom stereocenters. The van der Waals surface area contributed by atoms with Crippen LogP contribution in [0.3, 0.4) is 0 Å². The fourth-order valence-corrected chi connectivity index (χ4v) is 4.03. The molecule has 2 aromatic rings. The quantitative estimate of drug-likeness (QED) is 0.798. The zero-order valence-electron chi connectivity index (χ0n) is 9.78. The lowest BCUT2D eigenvalue weighted by molar-refractivity contribution is 0.533. The van der Waals surface area contributed by atoms with E-state index in [4.69, 9.17) is 0 Å². The van der Waals surface area contributed by atoms with E-state index in [1.165, 1.54) is 21.3 Å². The van der Waals surface area contributed by atoms with Gasteiger partial charge in [-0.05, 0) is 62.7 Å². The number of hydrogen-bond acceptors (Lipinski definition) is 3. The first-order chi connectivity index (χ1) is 8.31. The van der Waals surface area contributed by atoms with Crippen LogP contribution in [-0.4, -0.2) is 6.54 Å². The van der Waals surface area contributed by atoms with E-state index < -0.39 is 0 Å².